The maximum absolute atomic E-state index is 13.5. The molecule has 41 heavy (non-hydrogen) atoms. The topological polar surface area (TPSA) is 73.1 Å². The molecule has 0 fully saturated rings. The van der Waals surface area contributed by atoms with E-state index in [-0.39, 0.29) is 11.3 Å². The molecule has 0 saturated carbocycles. The van der Waals surface area contributed by atoms with E-state index in [1.54, 1.807) is 17.6 Å². The van der Waals surface area contributed by atoms with Gasteiger partial charge in [0.05, 0.1) is 25.0 Å². The van der Waals surface area contributed by atoms with Crippen molar-refractivity contribution in [2.24, 2.45) is 16.3 Å². The number of nitrogens with zero attached hydrogens (tertiary/aromatic N) is 1. The van der Waals surface area contributed by atoms with Gasteiger partial charge in [-0.1, -0.05) is 51.1 Å². The molecule has 7 heteroatoms. The number of ether oxygens (including phenoxy) is 2. The minimum Gasteiger partial charge on any atom is -0.490 e. The molecular weight excluding hydrogens is 532 g/mol. The molecule has 0 saturated heterocycles. The molecule has 1 atom stereocenters. The molecule has 2 heterocycles. The van der Waals surface area contributed by atoms with Gasteiger partial charge in [-0.25, -0.2) is 4.99 Å². The van der Waals surface area contributed by atoms with E-state index in [0.717, 1.165) is 46.7 Å². The lowest BCUT2D eigenvalue weighted by Crippen LogP contribution is -2.28. The summed E-state index contributed by atoms with van der Waals surface area (Å²) in [6.45, 7) is 10.2. The molecule has 5 rings (SSSR count). The Hall–Kier alpha value is -3.84. The third-order valence-electron chi connectivity index (χ3n) is 7.54. The number of aliphatic imine (C=N–C) groups is 1. The predicted octanol–water partition coefficient (Wildman–Crippen LogP) is 8.15. The Bertz CT molecular complexity index is 1480. The number of benzene rings is 2. The average Bonchev–Trinajstić information content (AvgIpc) is 3.62. The molecule has 4 aromatic rings. The molecule has 1 N–H and O–H groups in total. The maximum Gasteiger partial charge on any atom is 0.255 e. The third kappa shape index (κ3) is 7.09. The minimum atomic E-state index is -0.111. The molecule has 2 aromatic carbocycles. The number of thiophene rings is 1. The fourth-order valence-corrected chi connectivity index (χ4v) is 6.43. The standard InChI is InChI=1S/C34H38N2O4S/c1-5-38-29-18-24(13-16-28(29)40-22-23-10-7-6-8-11-23)20-36-33-31(32(37)35-21-26-12-9-17-39-26)27-15-14-25(34(2,3)4)19-30(27)41-33/h6-13,16-18,20,25H,5,14-15,19,21-22H2,1-4H3,(H,35,37)/t25-/m0/s1. The summed E-state index contributed by atoms with van der Waals surface area (Å²) in [5, 5.41) is 3.78. The SMILES string of the molecule is CCOc1cc(C=Nc2sc3c(c2C(=O)NCc2ccco2)CC[C@H](C(C)(C)C)C3)ccc1OCc1ccccc1. The summed E-state index contributed by atoms with van der Waals surface area (Å²) in [6, 6.07) is 19.6. The van der Waals surface area contributed by atoms with Gasteiger partial charge in [-0.15, -0.1) is 11.3 Å². The highest BCUT2D eigenvalue weighted by Crippen LogP contribution is 2.45. The summed E-state index contributed by atoms with van der Waals surface area (Å²) in [7, 11) is 0. The highest BCUT2D eigenvalue weighted by atomic mass is 32.1. The summed E-state index contributed by atoms with van der Waals surface area (Å²) < 4.78 is 17.4. The number of rotatable bonds is 10. The maximum atomic E-state index is 13.5. The summed E-state index contributed by atoms with van der Waals surface area (Å²) in [5.74, 6) is 2.54. The van der Waals surface area contributed by atoms with Gasteiger partial charge in [0.15, 0.2) is 11.5 Å². The van der Waals surface area contributed by atoms with E-state index in [0.29, 0.717) is 42.7 Å². The molecule has 1 aliphatic carbocycles. The number of carbonyl (C=O) groups is 1. The largest absolute Gasteiger partial charge is 0.490 e. The van der Waals surface area contributed by atoms with E-state index in [9.17, 15) is 4.79 Å². The molecule has 0 aliphatic heterocycles. The summed E-state index contributed by atoms with van der Waals surface area (Å²) in [6.07, 6.45) is 6.35. The van der Waals surface area contributed by atoms with Crippen LogP contribution in [0.25, 0.3) is 0 Å². The van der Waals surface area contributed by atoms with Crippen LogP contribution in [0.4, 0.5) is 5.00 Å². The fourth-order valence-electron chi connectivity index (χ4n) is 5.17. The molecule has 2 aromatic heterocycles. The Morgan fingerprint density at radius 3 is 2.66 bits per heavy atom. The Morgan fingerprint density at radius 1 is 1.10 bits per heavy atom. The lowest BCUT2D eigenvalue weighted by molar-refractivity contribution is 0.0947. The second-order valence-corrected chi connectivity index (χ2v) is 12.5. The first-order valence-corrected chi connectivity index (χ1v) is 15.1. The van der Waals surface area contributed by atoms with Crippen molar-refractivity contribution in [1.29, 1.82) is 0 Å². The normalized spacial score (nSPS) is 15.1. The van der Waals surface area contributed by atoms with E-state index >= 15 is 0 Å². The molecule has 0 unspecified atom stereocenters. The van der Waals surface area contributed by atoms with Crippen LogP contribution in [-0.2, 0) is 26.0 Å². The smallest absolute Gasteiger partial charge is 0.255 e. The molecular formula is C34H38N2O4S. The van der Waals surface area contributed by atoms with Crippen LogP contribution in [0.15, 0.2) is 76.3 Å². The Labute approximate surface area is 246 Å². The summed E-state index contributed by atoms with van der Waals surface area (Å²) in [5.41, 5.74) is 4.01. The van der Waals surface area contributed by atoms with Crippen LogP contribution in [0.1, 0.15) is 71.8 Å². The first-order valence-electron chi connectivity index (χ1n) is 14.2. The van der Waals surface area contributed by atoms with Gasteiger partial charge < -0.3 is 19.2 Å². The number of amides is 1. The number of fused-ring (bicyclic) bond motifs is 1. The van der Waals surface area contributed by atoms with Crippen molar-refractivity contribution in [2.45, 2.75) is 60.1 Å². The molecule has 6 nitrogen and oxygen atoms in total. The zero-order chi connectivity index (χ0) is 28.8. The van der Waals surface area contributed by atoms with Gasteiger partial charge in [-0.2, -0.15) is 0 Å². The second kappa shape index (κ2) is 12.8. The van der Waals surface area contributed by atoms with E-state index in [2.05, 4.69) is 26.1 Å². The van der Waals surface area contributed by atoms with Gasteiger partial charge in [0.1, 0.15) is 17.4 Å². The van der Waals surface area contributed by atoms with Crippen molar-refractivity contribution in [3.63, 3.8) is 0 Å². The number of furan rings is 1. The van der Waals surface area contributed by atoms with Crippen LogP contribution in [0, 0.1) is 11.3 Å². The molecule has 214 valence electrons. The van der Waals surface area contributed by atoms with Gasteiger partial charge in [-0.05, 0) is 84.5 Å². The third-order valence-corrected chi connectivity index (χ3v) is 8.70. The van der Waals surface area contributed by atoms with Crippen molar-refractivity contribution in [3.05, 3.63) is 99.8 Å². The molecule has 0 radical (unpaired) electrons. The Balaban J connectivity index is 1.40. The first kappa shape index (κ1) is 28.7. The van der Waals surface area contributed by atoms with E-state index in [1.165, 1.54) is 4.88 Å². The van der Waals surface area contributed by atoms with E-state index in [1.807, 2.05) is 73.8 Å². The fraction of sp³-hybridized carbons (Fsp3) is 0.353. The van der Waals surface area contributed by atoms with Crippen molar-refractivity contribution in [3.8, 4) is 11.5 Å². The summed E-state index contributed by atoms with van der Waals surface area (Å²) in [4.78, 5) is 19.6. The molecule has 0 bridgehead atoms. The molecule has 1 aliphatic rings. The lowest BCUT2D eigenvalue weighted by Gasteiger charge is -2.33. The van der Waals surface area contributed by atoms with Gasteiger partial charge in [-0.3, -0.25) is 4.79 Å². The second-order valence-electron chi connectivity index (χ2n) is 11.4. The van der Waals surface area contributed by atoms with E-state index < -0.39 is 0 Å². The van der Waals surface area contributed by atoms with Crippen molar-refractivity contribution < 1.29 is 18.7 Å². The number of hydrogen-bond acceptors (Lipinski definition) is 6. The first-order chi connectivity index (χ1) is 19.8. The number of hydrogen-bond donors (Lipinski definition) is 1. The van der Waals surface area contributed by atoms with Crippen LogP contribution in [0.3, 0.4) is 0 Å². The zero-order valence-electron chi connectivity index (χ0n) is 24.2. The van der Waals surface area contributed by atoms with Gasteiger partial charge in [0, 0.05) is 11.1 Å². The van der Waals surface area contributed by atoms with E-state index in [4.69, 9.17) is 18.9 Å². The van der Waals surface area contributed by atoms with Crippen LogP contribution >= 0.6 is 11.3 Å². The molecule has 1 amide bonds. The van der Waals surface area contributed by atoms with Gasteiger partial charge >= 0.3 is 0 Å². The Kier molecular flexibility index (Phi) is 8.93. The predicted molar refractivity (Wildman–Crippen MR) is 165 cm³/mol. The van der Waals surface area contributed by atoms with Crippen LogP contribution in [0.2, 0.25) is 0 Å². The Morgan fingerprint density at radius 2 is 1.93 bits per heavy atom. The number of carbonyl (C=O) groups excluding carboxylic acids is 1. The summed E-state index contributed by atoms with van der Waals surface area (Å²) >= 11 is 1.64. The van der Waals surface area contributed by atoms with Crippen molar-refractivity contribution >= 4 is 28.5 Å². The quantitative estimate of drug-likeness (QED) is 0.195. The molecule has 0 spiro atoms. The van der Waals surface area contributed by atoms with Gasteiger partial charge in [0.25, 0.3) is 5.91 Å². The van der Waals surface area contributed by atoms with Crippen molar-refractivity contribution in [2.75, 3.05) is 6.61 Å². The van der Waals surface area contributed by atoms with Crippen LogP contribution in [-0.4, -0.2) is 18.7 Å². The highest BCUT2D eigenvalue weighted by molar-refractivity contribution is 7.16. The zero-order valence-corrected chi connectivity index (χ0v) is 25.1. The lowest BCUT2D eigenvalue weighted by atomic mass is 9.72. The van der Waals surface area contributed by atoms with Crippen LogP contribution < -0.4 is 14.8 Å². The van der Waals surface area contributed by atoms with Crippen molar-refractivity contribution in [1.82, 2.24) is 5.32 Å². The van der Waals surface area contributed by atoms with Crippen LogP contribution in [0.5, 0.6) is 11.5 Å². The minimum absolute atomic E-state index is 0.111. The monoisotopic (exact) mass is 570 g/mol. The number of nitrogens with one attached hydrogen (secondary N) is 1. The van der Waals surface area contributed by atoms with Gasteiger partial charge in [0.2, 0.25) is 0 Å². The highest BCUT2D eigenvalue weighted by Gasteiger charge is 2.33. The average molecular weight is 571 g/mol.